The Balaban J connectivity index is 1.72. The molecule has 0 spiro atoms. The van der Waals surface area contributed by atoms with Crippen molar-refractivity contribution in [3.05, 3.63) is 34.9 Å². The Morgan fingerprint density at radius 2 is 2.04 bits per heavy atom. The molecule has 0 N–H and O–H groups in total. The molecule has 0 aliphatic carbocycles. The van der Waals surface area contributed by atoms with Gasteiger partial charge in [0.2, 0.25) is 5.91 Å². The molecule has 2 saturated heterocycles. The second kappa shape index (κ2) is 7.14. The van der Waals surface area contributed by atoms with Crippen LogP contribution in [0.5, 0.6) is 0 Å². The second-order valence-corrected chi connectivity index (χ2v) is 7.73. The number of hydrogen-bond donors (Lipinski definition) is 0. The van der Waals surface area contributed by atoms with E-state index in [2.05, 4.69) is 18.7 Å². The van der Waals surface area contributed by atoms with Gasteiger partial charge >= 0.3 is 0 Å². The Labute approximate surface area is 148 Å². The van der Waals surface area contributed by atoms with Gasteiger partial charge in [0.25, 0.3) is 5.91 Å². The standard InChI is InChI=1S/C19H25ClN2O2/c1-13(2)11-22-17-9-10-21(12-14(17)7-8-18(22)23)19(24)15-5-3-4-6-16(15)20/h3-6,13-14,17H,7-12H2,1-2H3/t14-,17+/m1/s1. The fraction of sp³-hybridized carbons (Fsp3) is 0.579. The molecule has 2 amide bonds. The van der Waals surface area contributed by atoms with Crippen LogP contribution in [-0.4, -0.2) is 47.3 Å². The summed E-state index contributed by atoms with van der Waals surface area (Å²) in [7, 11) is 0. The number of rotatable bonds is 3. The molecule has 5 heteroatoms. The Kier molecular flexibility index (Phi) is 5.14. The minimum atomic E-state index is 0.00589. The van der Waals surface area contributed by atoms with E-state index < -0.39 is 0 Å². The van der Waals surface area contributed by atoms with E-state index in [1.54, 1.807) is 12.1 Å². The predicted octanol–water partition coefficient (Wildman–Crippen LogP) is 3.45. The topological polar surface area (TPSA) is 40.6 Å². The van der Waals surface area contributed by atoms with Gasteiger partial charge in [0, 0.05) is 32.1 Å². The normalized spacial score (nSPS) is 24.2. The summed E-state index contributed by atoms with van der Waals surface area (Å²) in [6.45, 7) is 6.52. The van der Waals surface area contributed by atoms with Crippen molar-refractivity contribution in [2.75, 3.05) is 19.6 Å². The third-order valence-corrected chi connectivity index (χ3v) is 5.43. The van der Waals surface area contributed by atoms with Gasteiger partial charge in [-0.15, -0.1) is 0 Å². The number of fused-ring (bicyclic) bond motifs is 1. The van der Waals surface area contributed by atoms with Crippen LogP contribution in [0.3, 0.4) is 0 Å². The van der Waals surface area contributed by atoms with Gasteiger partial charge in [0.05, 0.1) is 10.6 Å². The number of likely N-dealkylation sites (tertiary alicyclic amines) is 2. The molecule has 0 saturated carbocycles. The molecular formula is C19H25ClN2O2. The highest BCUT2D eigenvalue weighted by atomic mass is 35.5. The van der Waals surface area contributed by atoms with E-state index in [9.17, 15) is 9.59 Å². The maximum absolute atomic E-state index is 12.8. The summed E-state index contributed by atoms with van der Waals surface area (Å²) in [6, 6.07) is 7.50. The van der Waals surface area contributed by atoms with Crippen LogP contribution in [0.1, 0.15) is 43.5 Å². The van der Waals surface area contributed by atoms with Crippen LogP contribution >= 0.6 is 11.6 Å². The molecule has 2 aliphatic heterocycles. The number of benzene rings is 1. The average molecular weight is 349 g/mol. The summed E-state index contributed by atoms with van der Waals surface area (Å²) in [5.74, 6) is 1.12. The van der Waals surface area contributed by atoms with Crippen LogP contribution in [0.15, 0.2) is 24.3 Å². The highest BCUT2D eigenvalue weighted by Gasteiger charge is 2.40. The Morgan fingerprint density at radius 3 is 2.75 bits per heavy atom. The lowest BCUT2D eigenvalue weighted by molar-refractivity contribution is -0.141. The van der Waals surface area contributed by atoms with Crippen LogP contribution in [0, 0.1) is 11.8 Å². The highest BCUT2D eigenvalue weighted by molar-refractivity contribution is 6.33. The molecule has 0 unspecified atom stereocenters. The van der Waals surface area contributed by atoms with Crippen LogP contribution in [0.4, 0.5) is 0 Å². The van der Waals surface area contributed by atoms with E-state index in [-0.39, 0.29) is 17.9 Å². The van der Waals surface area contributed by atoms with Gasteiger partial charge in [-0.3, -0.25) is 9.59 Å². The number of nitrogens with zero attached hydrogens (tertiary/aromatic N) is 2. The molecule has 24 heavy (non-hydrogen) atoms. The Bertz CT molecular complexity index is 632. The van der Waals surface area contributed by atoms with Crippen LogP contribution < -0.4 is 0 Å². The molecule has 4 nitrogen and oxygen atoms in total. The minimum absolute atomic E-state index is 0.00589. The average Bonchev–Trinajstić information content (AvgIpc) is 2.56. The number of piperidine rings is 2. The lowest BCUT2D eigenvalue weighted by atomic mass is 9.83. The Hall–Kier alpha value is -1.55. The maximum atomic E-state index is 12.8. The fourth-order valence-corrected chi connectivity index (χ4v) is 4.19. The van der Waals surface area contributed by atoms with Crippen LogP contribution in [-0.2, 0) is 4.79 Å². The van der Waals surface area contributed by atoms with Crippen molar-refractivity contribution in [2.45, 2.75) is 39.2 Å². The highest BCUT2D eigenvalue weighted by Crippen LogP contribution is 2.32. The summed E-state index contributed by atoms with van der Waals surface area (Å²) < 4.78 is 0. The van der Waals surface area contributed by atoms with Crippen molar-refractivity contribution >= 4 is 23.4 Å². The fourth-order valence-electron chi connectivity index (χ4n) is 3.97. The monoisotopic (exact) mass is 348 g/mol. The van der Waals surface area contributed by atoms with Crippen molar-refractivity contribution < 1.29 is 9.59 Å². The zero-order valence-electron chi connectivity index (χ0n) is 14.4. The predicted molar refractivity (Wildman–Crippen MR) is 95.0 cm³/mol. The van der Waals surface area contributed by atoms with Crippen LogP contribution in [0.25, 0.3) is 0 Å². The number of hydrogen-bond acceptors (Lipinski definition) is 2. The molecule has 0 radical (unpaired) electrons. The van der Waals surface area contributed by atoms with Crippen LogP contribution in [0.2, 0.25) is 5.02 Å². The molecule has 2 heterocycles. The summed E-state index contributed by atoms with van der Waals surface area (Å²) in [5.41, 5.74) is 0.573. The molecule has 3 rings (SSSR count). The zero-order chi connectivity index (χ0) is 17.3. The lowest BCUT2D eigenvalue weighted by Crippen LogP contribution is -2.57. The smallest absolute Gasteiger partial charge is 0.255 e. The first kappa shape index (κ1) is 17.3. The maximum Gasteiger partial charge on any atom is 0.255 e. The quantitative estimate of drug-likeness (QED) is 0.839. The summed E-state index contributed by atoms with van der Waals surface area (Å²) >= 11 is 6.17. The molecule has 130 valence electrons. The number of halogens is 1. The molecule has 1 aromatic carbocycles. The second-order valence-electron chi connectivity index (χ2n) is 7.33. The largest absolute Gasteiger partial charge is 0.339 e. The Morgan fingerprint density at radius 1 is 1.29 bits per heavy atom. The SMILES string of the molecule is CC(C)CN1C(=O)CC[C@@H]2CN(C(=O)c3ccccc3Cl)CC[C@@H]21. The van der Waals surface area contributed by atoms with E-state index in [1.165, 1.54) is 0 Å². The van der Waals surface area contributed by atoms with Crippen molar-refractivity contribution in [1.82, 2.24) is 9.80 Å². The van der Waals surface area contributed by atoms with Gasteiger partial charge < -0.3 is 9.80 Å². The molecule has 2 aliphatic rings. The first-order chi connectivity index (χ1) is 11.5. The van der Waals surface area contributed by atoms with Gasteiger partial charge in [0.1, 0.15) is 0 Å². The molecule has 2 atom stereocenters. The summed E-state index contributed by atoms with van der Waals surface area (Å²) in [4.78, 5) is 29.0. The van der Waals surface area contributed by atoms with E-state index in [1.807, 2.05) is 17.0 Å². The van der Waals surface area contributed by atoms with Crippen molar-refractivity contribution in [3.63, 3.8) is 0 Å². The lowest BCUT2D eigenvalue weighted by Gasteiger charge is -2.47. The van der Waals surface area contributed by atoms with Gasteiger partial charge in [-0.25, -0.2) is 0 Å². The first-order valence-corrected chi connectivity index (χ1v) is 9.18. The molecule has 0 bridgehead atoms. The zero-order valence-corrected chi connectivity index (χ0v) is 15.1. The third-order valence-electron chi connectivity index (χ3n) is 5.10. The molecule has 1 aromatic rings. The molecular weight excluding hydrogens is 324 g/mol. The van der Waals surface area contributed by atoms with Gasteiger partial charge in [-0.05, 0) is 36.8 Å². The van der Waals surface area contributed by atoms with E-state index in [4.69, 9.17) is 11.6 Å². The van der Waals surface area contributed by atoms with Gasteiger partial charge in [-0.1, -0.05) is 37.6 Å². The van der Waals surface area contributed by atoms with E-state index in [0.717, 1.165) is 25.9 Å². The van der Waals surface area contributed by atoms with E-state index in [0.29, 0.717) is 35.4 Å². The number of carbonyl (C=O) groups excluding carboxylic acids is 2. The minimum Gasteiger partial charge on any atom is -0.339 e. The van der Waals surface area contributed by atoms with Crippen molar-refractivity contribution in [3.8, 4) is 0 Å². The first-order valence-electron chi connectivity index (χ1n) is 8.80. The number of amides is 2. The van der Waals surface area contributed by atoms with Crippen molar-refractivity contribution in [1.29, 1.82) is 0 Å². The van der Waals surface area contributed by atoms with Gasteiger partial charge in [-0.2, -0.15) is 0 Å². The summed E-state index contributed by atoms with van der Waals surface area (Å²) in [5, 5.41) is 0.505. The van der Waals surface area contributed by atoms with Gasteiger partial charge in [0.15, 0.2) is 0 Å². The molecule has 0 aromatic heterocycles. The third kappa shape index (κ3) is 3.44. The number of carbonyl (C=O) groups is 2. The van der Waals surface area contributed by atoms with E-state index >= 15 is 0 Å². The molecule has 2 fully saturated rings. The summed E-state index contributed by atoms with van der Waals surface area (Å²) in [6.07, 6.45) is 2.34. The van der Waals surface area contributed by atoms with Crippen molar-refractivity contribution in [2.24, 2.45) is 11.8 Å².